The molecule has 0 saturated carbocycles. The zero-order valence-electron chi connectivity index (χ0n) is 12.5. The Hall–Kier alpha value is -1.02. The Morgan fingerprint density at radius 1 is 1.05 bits per heavy atom. The van der Waals surface area contributed by atoms with Crippen molar-refractivity contribution in [1.29, 1.82) is 0 Å². The maximum Gasteiger partial charge on any atom is 0.0591 e. The van der Waals surface area contributed by atoms with Crippen LogP contribution in [0.1, 0.15) is 43.0 Å². The second-order valence-electron chi connectivity index (χ2n) is 5.15. The number of rotatable bonds is 6. The van der Waals surface area contributed by atoms with E-state index in [4.69, 9.17) is 23.2 Å². The monoisotopic (exact) mass is 321 g/mol. The topological polar surface area (TPSA) is 12.0 Å². The van der Waals surface area contributed by atoms with Crippen molar-refractivity contribution in [3.05, 3.63) is 69.2 Å². The van der Waals surface area contributed by atoms with E-state index in [0.717, 1.165) is 24.9 Å². The molecule has 2 aromatic rings. The number of halogens is 2. The molecule has 1 unspecified atom stereocenters. The van der Waals surface area contributed by atoms with Crippen LogP contribution in [0.2, 0.25) is 10.0 Å². The number of nitrogens with one attached hydrogen (secondary N) is 1. The molecule has 0 aliphatic rings. The lowest BCUT2D eigenvalue weighted by Gasteiger charge is -2.21. The highest BCUT2D eigenvalue weighted by Gasteiger charge is 2.16. The van der Waals surface area contributed by atoms with Gasteiger partial charge in [0.25, 0.3) is 0 Å². The van der Waals surface area contributed by atoms with Crippen molar-refractivity contribution in [3.63, 3.8) is 0 Å². The van der Waals surface area contributed by atoms with Crippen LogP contribution in [-0.4, -0.2) is 6.54 Å². The minimum atomic E-state index is 0.0983. The van der Waals surface area contributed by atoms with Crippen LogP contribution < -0.4 is 5.32 Å². The molecule has 0 amide bonds. The van der Waals surface area contributed by atoms with E-state index in [1.807, 2.05) is 18.2 Å². The second-order valence-corrected chi connectivity index (χ2v) is 6.00. The highest BCUT2D eigenvalue weighted by Crippen LogP contribution is 2.31. The van der Waals surface area contributed by atoms with Crippen molar-refractivity contribution >= 4 is 23.2 Å². The molecule has 112 valence electrons. The van der Waals surface area contributed by atoms with Gasteiger partial charge in [-0.1, -0.05) is 67.4 Å². The molecule has 0 aliphatic heterocycles. The summed E-state index contributed by atoms with van der Waals surface area (Å²) in [7, 11) is 0. The normalized spacial score (nSPS) is 12.4. The highest BCUT2D eigenvalue weighted by atomic mass is 35.5. The average molecular weight is 322 g/mol. The van der Waals surface area contributed by atoms with E-state index in [1.54, 1.807) is 0 Å². The summed E-state index contributed by atoms with van der Waals surface area (Å²) in [5.74, 6) is 0. The highest BCUT2D eigenvalue weighted by molar-refractivity contribution is 6.35. The summed E-state index contributed by atoms with van der Waals surface area (Å²) < 4.78 is 0. The lowest BCUT2D eigenvalue weighted by Crippen LogP contribution is -2.23. The summed E-state index contributed by atoms with van der Waals surface area (Å²) in [6.07, 6.45) is 2.11. The number of benzene rings is 2. The Bertz CT molecular complexity index is 596. The van der Waals surface area contributed by atoms with Crippen molar-refractivity contribution in [3.8, 4) is 0 Å². The number of hydrogen-bond acceptors (Lipinski definition) is 1. The molecule has 1 nitrogen and oxygen atoms in total. The zero-order chi connectivity index (χ0) is 15.2. The maximum atomic E-state index is 6.40. The van der Waals surface area contributed by atoms with E-state index in [2.05, 4.69) is 43.4 Å². The second kappa shape index (κ2) is 7.84. The van der Waals surface area contributed by atoms with Gasteiger partial charge >= 0.3 is 0 Å². The lowest BCUT2D eigenvalue weighted by atomic mass is 9.96. The van der Waals surface area contributed by atoms with E-state index in [-0.39, 0.29) is 6.04 Å². The SMILES string of the molecule is CCCNC(c1cccc(CC)c1)c1ccc(Cl)cc1Cl. The smallest absolute Gasteiger partial charge is 0.0591 e. The minimum absolute atomic E-state index is 0.0983. The van der Waals surface area contributed by atoms with Crippen molar-refractivity contribution < 1.29 is 0 Å². The molecule has 2 rings (SSSR count). The third kappa shape index (κ3) is 4.23. The van der Waals surface area contributed by atoms with Crippen molar-refractivity contribution in [2.75, 3.05) is 6.54 Å². The van der Waals surface area contributed by atoms with Crippen LogP contribution >= 0.6 is 23.2 Å². The fourth-order valence-corrected chi connectivity index (χ4v) is 2.94. The molecule has 2 aromatic carbocycles. The minimum Gasteiger partial charge on any atom is -0.306 e. The largest absolute Gasteiger partial charge is 0.306 e. The Morgan fingerprint density at radius 3 is 2.52 bits per heavy atom. The van der Waals surface area contributed by atoms with Crippen molar-refractivity contribution in [2.24, 2.45) is 0 Å². The van der Waals surface area contributed by atoms with Gasteiger partial charge in [-0.05, 0) is 48.2 Å². The van der Waals surface area contributed by atoms with Crippen LogP contribution in [0.3, 0.4) is 0 Å². The van der Waals surface area contributed by atoms with E-state index in [1.165, 1.54) is 11.1 Å². The zero-order valence-corrected chi connectivity index (χ0v) is 14.0. The quantitative estimate of drug-likeness (QED) is 0.725. The molecule has 1 atom stereocenters. The summed E-state index contributed by atoms with van der Waals surface area (Å²) in [6, 6.07) is 14.5. The van der Waals surface area contributed by atoms with Gasteiger partial charge in [-0.3, -0.25) is 0 Å². The third-order valence-corrected chi connectivity index (χ3v) is 4.13. The van der Waals surface area contributed by atoms with Gasteiger partial charge in [0.1, 0.15) is 0 Å². The van der Waals surface area contributed by atoms with Gasteiger partial charge in [0.05, 0.1) is 6.04 Å². The molecule has 0 fully saturated rings. The molecule has 0 saturated heterocycles. The maximum absolute atomic E-state index is 6.40. The van der Waals surface area contributed by atoms with Crippen LogP contribution in [0.15, 0.2) is 42.5 Å². The first-order valence-electron chi connectivity index (χ1n) is 7.42. The van der Waals surface area contributed by atoms with Crippen LogP contribution in [0, 0.1) is 0 Å². The van der Waals surface area contributed by atoms with E-state index < -0.39 is 0 Å². The van der Waals surface area contributed by atoms with Gasteiger partial charge in [-0.2, -0.15) is 0 Å². The van der Waals surface area contributed by atoms with Crippen molar-refractivity contribution in [2.45, 2.75) is 32.7 Å². The number of aryl methyl sites for hydroxylation is 1. The van der Waals surface area contributed by atoms with Crippen molar-refractivity contribution in [1.82, 2.24) is 5.32 Å². The van der Waals surface area contributed by atoms with E-state index in [0.29, 0.717) is 10.0 Å². The van der Waals surface area contributed by atoms with E-state index in [9.17, 15) is 0 Å². The fourth-order valence-electron chi connectivity index (χ4n) is 2.42. The van der Waals surface area contributed by atoms with Gasteiger partial charge in [0.15, 0.2) is 0 Å². The molecule has 0 bridgehead atoms. The molecule has 3 heteroatoms. The molecule has 0 aliphatic carbocycles. The standard InChI is InChI=1S/C18H21Cl2N/c1-3-10-21-18(14-7-5-6-13(4-2)11-14)16-9-8-15(19)12-17(16)20/h5-9,11-12,18,21H,3-4,10H2,1-2H3. The van der Waals surface area contributed by atoms with Crippen LogP contribution in [-0.2, 0) is 6.42 Å². The summed E-state index contributed by atoms with van der Waals surface area (Å²) in [5, 5.41) is 4.96. The Kier molecular flexibility index (Phi) is 6.10. The third-order valence-electron chi connectivity index (χ3n) is 3.56. The van der Waals surface area contributed by atoms with Gasteiger partial charge in [0.2, 0.25) is 0 Å². The van der Waals surface area contributed by atoms with Crippen LogP contribution in [0.5, 0.6) is 0 Å². The molecule has 1 N–H and O–H groups in total. The van der Waals surface area contributed by atoms with Gasteiger partial charge in [0, 0.05) is 10.0 Å². The van der Waals surface area contributed by atoms with Crippen LogP contribution in [0.4, 0.5) is 0 Å². The van der Waals surface area contributed by atoms with Crippen LogP contribution in [0.25, 0.3) is 0 Å². The molecule has 0 heterocycles. The first kappa shape index (κ1) is 16.4. The predicted octanol–water partition coefficient (Wildman–Crippen LogP) is 5.64. The summed E-state index contributed by atoms with van der Waals surface area (Å²) >= 11 is 12.4. The molecule has 0 spiro atoms. The van der Waals surface area contributed by atoms with E-state index >= 15 is 0 Å². The lowest BCUT2D eigenvalue weighted by molar-refractivity contribution is 0.598. The molecule has 21 heavy (non-hydrogen) atoms. The first-order valence-corrected chi connectivity index (χ1v) is 8.18. The molecular weight excluding hydrogens is 301 g/mol. The average Bonchev–Trinajstić information content (AvgIpc) is 2.49. The van der Waals surface area contributed by atoms with Gasteiger partial charge in [-0.25, -0.2) is 0 Å². The molecular formula is C18H21Cl2N. The summed E-state index contributed by atoms with van der Waals surface area (Å²) in [6.45, 7) is 5.28. The Morgan fingerprint density at radius 2 is 1.86 bits per heavy atom. The molecule has 0 radical (unpaired) electrons. The fraction of sp³-hybridized carbons (Fsp3) is 0.333. The van der Waals surface area contributed by atoms with Gasteiger partial charge in [-0.15, -0.1) is 0 Å². The Balaban J connectivity index is 2.41. The molecule has 0 aromatic heterocycles. The number of hydrogen-bond donors (Lipinski definition) is 1. The summed E-state index contributed by atoms with van der Waals surface area (Å²) in [5.41, 5.74) is 3.65. The summed E-state index contributed by atoms with van der Waals surface area (Å²) in [4.78, 5) is 0. The first-order chi connectivity index (χ1) is 10.2. The Labute approximate surface area is 137 Å². The predicted molar refractivity (Wildman–Crippen MR) is 92.4 cm³/mol. The van der Waals surface area contributed by atoms with Gasteiger partial charge < -0.3 is 5.32 Å².